The third kappa shape index (κ3) is 5.33. The quantitative estimate of drug-likeness (QED) is 0.494. The second kappa shape index (κ2) is 9.21. The van der Waals surface area contributed by atoms with Crippen LogP contribution in [0.4, 0.5) is 26.3 Å². The normalized spacial score (nSPS) is 15.6. The van der Waals surface area contributed by atoms with Crippen LogP contribution in [-0.2, 0) is 19.1 Å². The van der Waals surface area contributed by atoms with Gasteiger partial charge in [0.05, 0.1) is 30.3 Å². The fraction of sp³-hybridized carbons (Fsp3) is 0.368. The first-order valence-electron chi connectivity index (χ1n) is 8.82. The van der Waals surface area contributed by atoms with Gasteiger partial charge in [0.1, 0.15) is 11.4 Å². The van der Waals surface area contributed by atoms with Crippen molar-refractivity contribution in [3.8, 4) is 0 Å². The molecule has 0 bridgehead atoms. The molecule has 0 saturated heterocycles. The third-order valence-corrected chi connectivity index (χ3v) is 4.34. The summed E-state index contributed by atoms with van der Waals surface area (Å²) in [5.41, 5.74) is -6.67. The summed E-state index contributed by atoms with van der Waals surface area (Å²) in [4.78, 5) is 25.0. The van der Waals surface area contributed by atoms with E-state index in [0.29, 0.717) is 0 Å². The number of rotatable bonds is 5. The number of nitrogens with one attached hydrogen (secondary N) is 1. The van der Waals surface area contributed by atoms with Gasteiger partial charge < -0.3 is 14.8 Å². The van der Waals surface area contributed by atoms with Crippen molar-refractivity contribution >= 4 is 23.5 Å². The minimum absolute atomic E-state index is 0.0374. The Labute approximate surface area is 177 Å². The summed E-state index contributed by atoms with van der Waals surface area (Å²) in [6.07, 6.45) is -10.8. The van der Waals surface area contributed by atoms with Crippen molar-refractivity contribution in [3.63, 3.8) is 0 Å². The Morgan fingerprint density at radius 2 is 1.39 bits per heavy atom. The van der Waals surface area contributed by atoms with Gasteiger partial charge in [-0.1, -0.05) is 23.7 Å². The molecule has 1 heterocycles. The van der Waals surface area contributed by atoms with E-state index in [1.54, 1.807) is 0 Å². The van der Waals surface area contributed by atoms with Gasteiger partial charge in [-0.05, 0) is 31.5 Å². The minimum atomic E-state index is -5.41. The van der Waals surface area contributed by atoms with Crippen LogP contribution in [0.25, 0.3) is 0 Å². The van der Waals surface area contributed by atoms with E-state index in [-0.39, 0.29) is 23.8 Å². The maximum absolute atomic E-state index is 13.7. The van der Waals surface area contributed by atoms with Gasteiger partial charge in [0.25, 0.3) is 0 Å². The smallest absolute Gasteiger partial charge is 0.431 e. The van der Waals surface area contributed by atoms with Crippen LogP contribution in [0.2, 0.25) is 5.02 Å². The van der Waals surface area contributed by atoms with E-state index in [9.17, 15) is 35.9 Å². The molecule has 1 aliphatic rings. The predicted octanol–water partition coefficient (Wildman–Crippen LogP) is 4.79. The third-order valence-electron chi connectivity index (χ3n) is 4.11. The lowest BCUT2D eigenvalue weighted by Gasteiger charge is -2.33. The summed E-state index contributed by atoms with van der Waals surface area (Å²) in [5, 5.41) is 1.16. The molecule has 1 aromatic carbocycles. The topological polar surface area (TPSA) is 64.6 Å². The van der Waals surface area contributed by atoms with Crippen LogP contribution < -0.4 is 5.32 Å². The Morgan fingerprint density at radius 3 is 1.74 bits per heavy atom. The molecule has 1 aliphatic heterocycles. The van der Waals surface area contributed by atoms with E-state index in [4.69, 9.17) is 11.6 Å². The molecule has 2 rings (SSSR count). The average Bonchev–Trinajstić information content (AvgIpc) is 2.65. The van der Waals surface area contributed by atoms with Crippen molar-refractivity contribution < 1.29 is 45.4 Å². The number of carbonyl (C=O) groups excluding carboxylic acids is 2. The first kappa shape index (κ1) is 24.6. The number of hydrogen-bond donors (Lipinski definition) is 1. The van der Waals surface area contributed by atoms with Gasteiger partial charge in [-0.25, -0.2) is 9.59 Å². The molecule has 0 unspecified atom stereocenters. The highest BCUT2D eigenvalue weighted by Gasteiger charge is 2.53. The Kier molecular flexibility index (Phi) is 7.30. The van der Waals surface area contributed by atoms with Crippen molar-refractivity contribution in [1.82, 2.24) is 5.32 Å². The molecule has 0 aromatic heterocycles. The molecule has 0 radical (unpaired) electrons. The summed E-state index contributed by atoms with van der Waals surface area (Å²) in [7, 11) is 0. The summed E-state index contributed by atoms with van der Waals surface area (Å²) < 4.78 is 91.8. The molecule has 5 nitrogen and oxygen atoms in total. The molecule has 0 fully saturated rings. The van der Waals surface area contributed by atoms with Crippen LogP contribution in [0.5, 0.6) is 0 Å². The molecule has 0 saturated carbocycles. The van der Waals surface area contributed by atoms with Crippen LogP contribution in [0.3, 0.4) is 0 Å². The number of esters is 2. The Hall–Kier alpha value is -2.69. The van der Waals surface area contributed by atoms with E-state index >= 15 is 0 Å². The van der Waals surface area contributed by atoms with Crippen LogP contribution in [0.1, 0.15) is 25.3 Å². The first-order valence-corrected chi connectivity index (χ1v) is 9.20. The highest BCUT2D eigenvalue weighted by Crippen LogP contribution is 2.46. The van der Waals surface area contributed by atoms with Crippen LogP contribution in [-0.4, -0.2) is 37.5 Å². The highest BCUT2D eigenvalue weighted by molar-refractivity contribution is 6.30. The molecule has 1 aromatic rings. The largest absolute Gasteiger partial charge is 0.463 e. The second-order valence-electron chi connectivity index (χ2n) is 6.13. The maximum Gasteiger partial charge on any atom is 0.431 e. The van der Waals surface area contributed by atoms with Crippen molar-refractivity contribution in [2.45, 2.75) is 32.1 Å². The van der Waals surface area contributed by atoms with E-state index in [1.807, 2.05) is 0 Å². The number of allylic oxidation sites excluding steroid dienone is 2. The van der Waals surface area contributed by atoms with Gasteiger partial charge in [-0.2, -0.15) is 26.3 Å². The zero-order valence-electron chi connectivity index (χ0n) is 16.1. The zero-order valence-corrected chi connectivity index (χ0v) is 16.8. The molecule has 0 atom stereocenters. The summed E-state index contributed by atoms with van der Waals surface area (Å²) in [6, 6.07) is 4.77. The number of halogens is 7. The number of dihydropyridines is 1. The lowest BCUT2D eigenvalue weighted by atomic mass is 9.79. The minimum Gasteiger partial charge on any atom is -0.463 e. The van der Waals surface area contributed by atoms with Crippen LogP contribution in [0.15, 0.2) is 46.8 Å². The Morgan fingerprint density at radius 1 is 0.935 bits per heavy atom. The summed E-state index contributed by atoms with van der Waals surface area (Å²) >= 11 is 5.87. The first-order chi connectivity index (χ1) is 14.3. The van der Waals surface area contributed by atoms with Gasteiger partial charge >= 0.3 is 24.3 Å². The number of alkyl halides is 6. The average molecular weight is 472 g/mol. The lowest BCUT2D eigenvalue weighted by Crippen LogP contribution is -2.43. The number of ether oxygens (including phenoxy) is 2. The molecular formula is C19H16ClF6NO4. The van der Waals surface area contributed by atoms with Gasteiger partial charge in [-0.15, -0.1) is 0 Å². The number of carbonyl (C=O) groups is 2. The van der Waals surface area contributed by atoms with E-state index < -0.39 is 52.7 Å². The molecule has 0 aliphatic carbocycles. The molecule has 0 spiro atoms. The van der Waals surface area contributed by atoms with E-state index in [0.717, 1.165) is 12.1 Å². The second-order valence-corrected chi connectivity index (χ2v) is 6.56. The van der Waals surface area contributed by atoms with Crippen molar-refractivity contribution in [3.05, 3.63) is 57.4 Å². The van der Waals surface area contributed by atoms with Crippen molar-refractivity contribution in [1.29, 1.82) is 0 Å². The van der Waals surface area contributed by atoms with E-state index in [2.05, 4.69) is 9.47 Å². The predicted molar refractivity (Wildman–Crippen MR) is 96.8 cm³/mol. The molecule has 1 N–H and O–H groups in total. The summed E-state index contributed by atoms with van der Waals surface area (Å²) in [6.45, 7) is 1.89. The van der Waals surface area contributed by atoms with Crippen LogP contribution in [0, 0.1) is 0 Å². The number of hydrogen-bond acceptors (Lipinski definition) is 5. The molecule has 31 heavy (non-hydrogen) atoms. The highest BCUT2D eigenvalue weighted by atomic mass is 35.5. The SMILES string of the molecule is CCOC(=O)C1=C(C(F)(F)F)NC(C(F)(F)F)=C(C(=O)OCC)C1c1cccc(Cl)c1. The fourth-order valence-corrected chi connectivity index (χ4v) is 3.22. The standard InChI is InChI=1S/C19H16ClF6NO4/c1-3-30-16(28)12-11(9-6-5-7-10(20)8-9)13(17(29)31-4-2)15(19(24,25)26)27-14(12)18(21,22)23/h5-8,11,27H,3-4H2,1-2H3. The Bertz CT molecular complexity index is 884. The molecule has 12 heteroatoms. The maximum atomic E-state index is 13.7. The monoisotopic (exact) mass is 471 g/mol. The van der Waals surface area contributed by atoms with Gasteiger partial charge in [0.2, 0.25) is 0 Å². The fourth-order valence-electron chi connectivity index (χ4n) is 3.02. The Balaban J connectivity index is 2.96. The van der Waals surface area contributed by atoms with Crippen LogP contribution >= 0.6 is 11.6 Å². The molecule has 0 amide bonds. The number of benzene rings is 1. The van der Waals surface area contributed by atoms with E-state index in [1.165, 1.54) is 31.3 Å². The zero-order chi connectivity index (χ0) is 23.6. The lowest BCUT2D eigenvalue weighted by molar-refractivity contribution is -0.143. The van der Waals surface area contributed by atoms with Crippen molar-refractivity contribution in [2.75, 3.05) is 13.2 Å². The van der Waals surface area contributed by atoms with Gasteiger partial charge in [0.15, 0.2) is 0 Å². The van der Waals surface area contributed by atoms with Gasteiger partial charge in [0, 0.05) is 5.02 Å². The molecule has 170 valence electrons. The van der Waals surface area contributed by atoms with Gasteiger partial charge in [-0.3, -0.25) is 0 Å². The summed E-state index contributed by atoms with van der Waals surface area (Å²) in [5.74, 6) is -5.20. The molecular weight excluding hydrogens is 456 g/mol. The van der Waals surface area contributed by atoms with Crippen molar-refractivity contribution in [2.24, 2.45) is 0 Å².